The van der Waals surface area contributed by atoms with E-state index < -0.39 is 35.3 Å². The fraction of sp³-hybridized carbons (Fsp3) is 0.737. The fourth-order valence-electron chi connectivity index (χ4n) is 4.08. The molecule has 3 atom stereocenters. The highest BCUT2D eigenvalue weighted by atomic mass is 16.6. The van der Waals surface area contributed by atoms with Crippen molar-refractivity contribution >= 4 is 17.8 Å². The number of nitrogens with one attached hydrogen (secondary N) is 1. The number of nitrogens with zero attached hydrogens (tertiary/aromatic N) is 4. The summed E-state index contributed by atoms with van der Waals surface area (Å²) in [6, 6.07) is -1.22. The highest BCUT2D eigenvalue weighted by Gasteiger charge is 2.55. The standard InChI is InChI=1S/C19H29N5O6/c1-12(25)15(21-17(28)30-18(2,3)4)16(27)24-7-5-6-19(24)10-23(8-13(19)26)9-14-22-20-11-29-14/h11-12,15,25H,5-10H2,1-4H3,(H,21,28). The molecule has 0 bridgehead atoms. The van der Waals surface area contributed by atoms with Crippen LogP contribution in [0.3, 0.4) is 0 Å². The Balaban J connectivity index is 1.74. The number of alkyl carbamates (subject to hydrolysis) is 1. The van der Waals surface area contributed by atoms with E-state index in [2.05, 4.69) is 15.5 Å². The molecule has 11 nitrogen and oxygen atoms in total. The van der Waals surface area contributed by atoms with Crippen LogP contribution < -0.4 is 5.32 Å². The lowest BCUT2D eigenvalue weighted by atomic mass is 9.93. The van der Waals surface area contributed by atoms with E-state index in [0.717, 1.165) is 0 Å². The third-order valence-corrected chi connectivity index (χ3v) is 5.31. The number of likely N-dealkylation sites (tertiary alicyclic amines) is 2. The van der Waals surface area contributed by atoms with Gasteiger partial charge >= 0.3 is 6.09 Å². The maximum atomic E-state index is 13.3. The summed E-state index contributed by atoms with van der Waals surface area (Å²) in [4.78, 5) is 41.8. The summed E-state index contributed by atoms with van der Waals surface area (Å²) in [6.07, 6.45) is 0.450. The zero-order valence-corrected chi connectivity index (χ0v) is 17.8. The average molecular weight is 423 g/mol. The van der Waals surface area contributed by atoms with E-state index in [-0.39, 0.29) is 12.3 Å². The van der Waals surface area contributed by atoms with Gasteiger partial charge in [-0.3, -0.25) is 14.5 Å². The minimum atomic E-state index is -1.22. The van der Waals surface area contributed by atoms with Crippen LogP contribution in [-0.2, 0) is 20.9 Å². The fourth-order valence-corrected chi connectivity index (χ4v) is 4.08. The van der Waals surface area contributed by atoms with E-state index in [0.29, 0.717) is 38.4 Å². The Hall–Kier alpha value is -2.53. The van der Waals surface area contributed by atoms with Gasteiger partial charge in [0.05, 0.1) is 19.2 Å². The lowest BCUT2D eigenvalue weighted by molar-refractivity contribution is -0.144. The first-order valence-corrected chi connectivity index (χ1v) is 10.0. The average Bonchev–Trinajstić information content (AvgIpc) is 3.33. The SMILES string of the molecule is CC(O)C(NC(=O)OC(C)(C)C)C(=O)N1CCCC12CN(Cc1nnco1)CC2=O. The van der Waals surface area contributed by atoms with Crippen molar-refractivity contribution in [2.24, 2.45) is 0 Å². The van der Waals surface area contributed by atoms with Crippen molar-refractivity contribution in [3.8, 4) is 0 Å². The zero-order valence-electron chi connectivity index (χ0n) is 17.8. The molecule has 2 aliphatic heterocycles. The second-order valence-corrected chi connectivity index (χ2v) is 8.89. The number of hydrogen-bond acceptors (Lipinski definition) is 9. The van der Waals surface area contributed by atoms with Crippen molar-refractivity contribution in [2.45, 2.75) is 70.4 Å². The van der Waals surface area contributed by atoms with Crippen molar-refractivity contribution in [1.82, 2.24) is 25.3 Å². The molecule has 2 aliphatic rings. The maximum absolute atomic E-state index is 13.3. The molecule has 2 saturated heterocycles. The van der Waals surface area contributed by atoms with Crippen molar-refractivity contribution in [3.05, 3.63) is 12.3 Å². The zero-order chi connectivity index (χ0) is 22.1. The van der Waals surface area contributed by atoms with Gasteiger partial charge in [0.15, 0.2) is 5.78 Å². The number of rotatable bonds is 5. The number of Topliss-reactive ketones (excluding diaryl/α,β-unsaturated/α-hetero) is 1. The Morgan fingerprint density at radius 3 is 2.77 bits per heavy atom. The number of ether oxygens (including phenoxy) is 1. The Morgan fingerprint density at radius 1 is 1.43 bits per heavy atom. The largest absolute Gasteiger partial charge is 0.444 e. The quantitative estimate of drug-likeness (QED) is 0.674. The molecule has 3 rings (SSSR count). The lowest BCUT2D eigenvalue weighted by Crippen LogP contribution is -2.61. The first-order chi connectivity index (χ1) is 14.0. The van der Waals surface area contributed by atoms with Crippen molar-refractivity contribution in [3.63, 3.8) is 0 Å². The molecular formula is C19H29N5O6. The summed E-state index contributed by atoms with van der Waals surface area (Å²) in [5, 5.41) is 20.1. The molecule has 2 N–H and O–H groups in total. The molecular weight excluding hydrogens is 394 g/mol. The monoisotopic (exact) mass is 423 g/mol. The number of aliphatic hydroxyl groups excluding tert-OH is 1. The smallest absolute Gasteiger partial charge is 0.408 e. The molecule has 1 spiro atoms. The van der Waals surface area contributed by atoms with Crippen LogP contribution in [0.5, 0.6) is 0 Å². The van der Waals surface area contributed by atoms with E-state index in [1.165, 1.54) is 18.2 Å². The van der Waals surface area contributed by atoms with E-state index in [1.807, 2.05) is 4.90 Å². The van der Waals surface area contributed by atoms with E-state index in [9.17, 15) is 19.5 Å². The summed E-state index contributed by atoms with van der Waals surface area (Å²) in [6.45, 7) is 7.71. The van der Waals surface area contributed by atoms with Crippen molar-refractivity contribution in [2.75, 3.05) is 19.6 Å². The van der Waals surface area contributed by atoms with Crippen LogP contribution in [-0.4, -0.2) is 85.8 Å². The van der Waals surface area contributed by atoms with Crippen LogP contribution in [0.25, 0.3) is 0 Å². The Kier molecular flexibility index (Phi) is 6.14. The Labute approximate surface area is 174 Å². The predicted molar refractivity (Wildman–Crippen MR) is 103 cm³/mol. The Bertz CT molecular complexity index is 790. The molecule has 166 valence electrons. The molecule has 0 aliphatic carbocycles. The van der Waals surface area contributed by atoms with E-state index in [1.54, 1.807) is 20.8 Å². The molecule has 2 amide bonds. The number of aliphatic hydroxyl groups is 1. The molecule has 2 fully saturated rings. The van der Waals surface area contributed by atoms with Gasteiger partial charge in [-0.25, -0.2) is 4.79 Å². The van der Waals surface area contributed by atoms with E-state index >= 15 is 0 Å². The second kappa shape index (κ2) is 8.31. The number of hydrogen-bond donors (Lipinski definition) is 2. The number of amides is 2. The molecule has 0 radical (unpaired) electrons. The molecule has 0 aromatic carbocycles. The number of ketones is 1. The molecule has 1 aromatic rings. The van der Waals surface area contributed by atoms with Crippen LogP contribution in [0.15, 0.2) is 10.8 Å². The number of carbonyl (C=O) groups excluding carboxylic acids is 3. The predicted octanol–water partition coefficient (Wildman–Crippen LogP) is 0.0896. The first-order valence-electron chi connectivity index (χ1n) is 10.0. The second-order valence-electron chi connectivity index (χ2n) is 8.89. The van der Waals surface area contributed by atoms with Gasteiger partial charge in [0.2, 0.25) is 18.2 Å². The van der Waals surface area contributed by atoms with Crippen LogP contribution in [0, 0.1) is 0 Å². The molecule has 11 heteroatoms. The van der Waals surface area contributed by atoms with Gasteiger partial charge in [-0.1, -0.05) is 0 Å². The van der Waals surface area contributed by atoms with E-state index in [4.69, 9.17) is 9.15 Å². The third kappa shape index (κ3) is 4.62. The van der Waals surface area contributed by atoms with Crippen molar-refractivity contribution in [1.29, 1.82) is 0 Å². The third-order valence-electron chi connectivity index (χ3n) is 5.31. The van der Waals surface area contributed by atoms with Crippen LogP contribution in [0.2, 0.25) is 0 Å². The minimum absolute atomic E-state index is 0.0746. The van der Waals surface area contributed by atoms with Gasteiger partial charge in [-0.15, -0.1) is 10.2 Å². The van der Waals surface area contributed by atoms with Crippen molar-refractivity contribution < 1.29 is 28.6 Å². The molecule has 3 unspecified atom stereocenters. The van der Waals surface area contributed by atoms with Gasteiger partial charge in [-0.05, 0) is 40.5 Å². The van der Waals surface area contributed by atoms with Gasteiger partial charge in [0.1, 0.15) is 17.2 Å². The number of aromatic nitrogens is 2. The molecule has 3 heterocycles. The molecule has 1 aromatic heterocycles. The molecule has 30 heavy (non-hydrogen) atoms. The highest BCUT2D eigenvalue weighted by molar-refractivity contribution is 5.98. The first kappa shape index (κ1) is 22.2. The van der Waals surface area contributed by atoms with Gasteiger partial charge < -0.3 is 24.5 Å². The lowest BCUT2D eigenvalue weighted by Gasteiger charge is -2.36. The maximum Gasteiger partial charge on any atom is 0.408 e. The van der Waals surface area contributed by atoms with Crippen LogP contribution >= 0.6 is 0 Å². The minimum Gasteiger partial charge on any atom is -0.444 e. The Morgan fingerprint density at radius 2 is 2.17 bits per heavy atom. The summed E-state index contributed by atoms with van der Waals surface area (Å²) in [7, 11) is 0. The van der Waals surface area contributed by atoms with Gasteiger partial charge in [0, 0.05) is 13.1 Å². The molecule has 0 saturated carbocycles. The topological polar surface area (TPSA) is 138 Å². The normalized spacial score (nSPS) is 24.3. The van der Waals surface area contributed by atoms with Crippen LogP contribution in [0.4, 0.5) is 4.79 Å². The number of carbonyl (C=O) groups is 3. The summed E-state index contributed by atoms with van der Waals surface area (Å²) < 4.78 is 10.4. The van der Waals surface area contributed by atoms with Crippen LogP contribution in [0.1, 0.15) is 46.4 Å². The summed E-state index contributed by atoms with van der Waals surface area (Å²) in [5.74, 6) is -0.181. The summed E-state index contributed by atoms with van der Waals surface area (Å²) >= 11 is 0. The highest BCUT2D eigenvalue weighted by Crippen LogP contribution is 2.36. The summed E-state index contributed by atoms with van der Waals surface area (Å²) in [5.41, 5.74) is -1.73. The van der Waals surface area contributed by atoms with Gasteiger partial charge in [0.25, 0.3) is 0 Å². The van der Waals surface area contributed by atoms with Gasteiger partial charge in [-0.2, -0.15) is 0 Å².